The van der Waals surface area contributed by atoms with Crippen LogP contribution >= 0.6 is 11.6 Å². The van der Waals surface area contributed by atoms with Gasteiger partial charge in [-0.25, -0.2) is 13.1 Å². The van der Waals surface area contributed by atoms with Crippen LogP contribution in [0.3, 0.4) is 0 Å². The zero-order chi connectivity index (χ0) is 19.3. The van der Waals surface area contributed by atoms with E-state index in [1.165, 1.54) is 31.2 Å². The molecule has 26 heavy (non-hydrogen) atoms. The van der Waals surface area contributed by atoms with Crippen LogP contribution in [0, 0.1) is 6.92 Å². The number of benzene rings is 2. The van der Waals surface area contributed by atoms with Gasteiger partial charge in [-0.1, -0.05) is 17.7 Å². The Morgan fingerprint density at radius 1 is 1.04 bits per heavy atom. The molecule has 2 rings (SSSR count). The van der Waals surface area contributed by atoms with Crippen LogP contribution in [0.25, 0.3) is 0 Å². The number of carbonyl (C=O) groups is 2. The summed E-state index contributed by atoms with van der Waals surface area (Å²) in [7, 11) is -3.86. The molecule has 3 N–H and O–H groups in total. The first kappa shape index (κ1) is 19.9. The van der Waals surface area contributed by atoms with E-state index in [0.29, 0.717) is 22.0 Å². The number of amides is 2. The fourth-order valence-corrected chi connectivity index (χ4v) is 3.26. The number of sulfonamides is 1. The molecule has 0 aliphatic heterocycles. The Morgan fingerprint density at radius 2 is 1.69 bits per heavy atom. The van der Waals surface area contributed by atoms with E-state index in [2.05, 4.69) is 15.4 Å². The van der Waals surface area contributed by atoms with Crippen LogP contribution in [0.2, 0.25) is 5.02 Å². The van der Waals surface area contributed by atoms with Gasteiger partial charge in [0.05, 0.1) is 11.4 Å². The quantitative estimate of drug-likeness (QED) is 0.698. The van der Waals surface area contributed by atoms with Crippen molar-refractivity contribution in [1.29, 1.82) is 0 Å². The normalized spacial score (nSPS) is 11.0. The van der Waals surface area contributed by atoms with E-state index in [-0.39, 0.29) is 10.8 Å². The summed E-state index contributed by atoms with van der Waals surface area (Å²) < 4.78 is 26.7. The predicted molar refractivity (Wildman–Crippen MR) is 101 cm³/mol. The summed E-state index contributed by atoms with van der Waals surface area (Å²) in [5.41, 5.74) is 1.69. The highest BCUT2D eigenvalue weighted by Gasteiger charge is 2.16. The van der Waals surface area contributed by atoms with Crippen molar-refractivity contribution in [2.24, 2.45) is 0 Å². The first-order valence-electron chi connectivity index (χ1n) is 7.61. The van der Waals surface area contributed by atoms with E-state index < -0.39 is 22.5 Å². The molecule has 0 aliphatic carbocycles. The van der Waals surface area contributed by atoms with Gasteiger partial charge in [0.15, 0.2) is 0 Å². The van der Waals surface area contributed by atoms with Crippen molar-refractivity contribution < 1.29 is 18.0 Å². The number of halogens is 1. The Morgan fingerprint density at radius 3 is 2.31 bits per heavy atom. The molecule has 0 bridgehead atoms. The molecular formula is C17H18ClN3O4S. The summed E-state index contributed by atoms with van der Waals surface area (Å²) in [6.07, 6.45) is 0. The van der Waals surface area contributed by atoms with Gasteiger partial charge >= 0.3 is 0 Å². The third-order valence-electron chi connectivity index (χ3n) is 3.45. The summed E-state index contributed by atoms with van der Waals surface area (Å²) in [6, 6.07) is 10.7. The third-order valence-corrected chi connectivity index (χ3v) is 5.28. The zero-order valence-electron chi connectivity index (χ0n) is 14.2. The summed E-state index contributed by atoms with van der Waals surface area (Å²) in [4.78, 5) is 23.0. The minimum absolute atomic E-state index is 0.0154. The lowest BCUT2D eigenvalue weighted by Gasteiger charge is -2.11. The molecule has 2 aromatic carbocycles. The maximum absolute atomic E-state index is 12.2. The molecule has 0 aliphatic rings. The summed E-state index contributed by atoms with van der Waals surface area (Å²) in [5.74, 6) is -0.777. The number of nitrogens with one attached hydrogen (secondary N) is 3. The molecule has 0 saturated heterocycles. The number of anilines is 2. The molecule has 2 aromatic rings. The van der Waals surface area contributed by atoms with Crippen LogP contribution in [-0.4, -0.2) is 26.8 Å². The molecule has 2 amide bonds. The third kappa shape index (κ3) is 5.29. The summed E-state index contributed by atoms with van der Waals surface area (Å²) in [6.45, 7) is 2.67. The van der Waals surface area contributed by atoms with Crippen molar-refractivity contribution in [3.05, 3.63) is 53.1 Å². The highest BCUT2D eigenvalue weighted by Crippen LogP contribution is 2.22. The van der Waals surface area contributed by atoms with Crippen LogP contribution in [0.4, 0.5) is 11.4 Å². The Hall–Kier alpha value is -2.42. The van der Waals surface area contributed by atoms with Gasteiger partial charge in [-0.3, -0.25) is 9.59 Å². The number of carbonyl (C=O) groups excluding carboxylic acids is 2. The maximum Gasteiger partial charge on any atom is 0.241 e. The topological polar surface area (TPSA) is 104 Å². The van der Waals surface area contributed by atoms with Crippen molar-refractivity contribution >= 4 is 44.8 Å². The molecule has 0 saturated carbocycles. The van der Waals surface area contributed by atoms with E-state index in [4.69, 9.17) is 11.6 Å². The highest BCUT2D eigenvalue weighted by molar-refractivity contribution is 7.89. The molecular weight excluding hydrogens is 378 g/mol. The van der Waals surface area contributed by atoms with E-state index >= 15 is 0 Å². The second-order valence-electron chi connectivity index (χ2n) is 5.49. The Kier molecular flexibility index (Phi) is 6.36. The average Bonchev–Trinajstić information content (AvgIpc) is 2.57. The van der Waals surface area contributed by atoms with Crippen molar-refractivity contribution in [3.8, 4) is 0 Å². The minimum Gasteiger partial charge on any atom is -0.326 e. The van der Waals surface area contributed by atoms with Gasteiger partial charge in [-0.2, -0.15) is 0 Å². The van der Waals surface area contributed by atoms with Gasteiger partial charge in [0.25, 0.3) is 0 Å². The first-order valence-corrected chi connectivity index (χ1v) is 9.47. The van der Waals surface area contributed by atoms with Crippen molar-refractivity contribution in [1.82, 2.24) is 4.72 Å². The van der Waals surface area contributed by atoms with Gasteiger partial charge in [0.1, 0.15) is 0 Å². The van der Waals surface area contributed by atoms with E-state index in [1.54, 1.807) is 25.1 Å². The molecule has 0 atom stereocenters. The van der Waals surface area contributed by atoms with Crippen molar-refractivity contribution in [3.63, 3.8) is 0 Å². The van der Waals surface area contributed by atoms with Crippen molar-refractivity contribution in [2.75, 3.05) is 17.2 Å². The highest BCUT2D eigenvalue weighted by atomic mass is 35.5. The first-order chi connectivity index (χ1) is 12.2. The molecule has 7 nitrogen and oxygen atoms in total. The second-order valence-corrected chi connectivity index (χ2v) is 7.66. The molecule has 0 radical (unpaired) electrons. The fraction of sp³-hybridized carbons (Fsp3) is 0.176. The van der Waals surface area contributed by atoms with Crippen LogP contribution in [0.1, 0.15) is 12.5 Å². The van der Waals surface area contributed by atoms with E-state index in [1.807, 2.05) is 0 Å². The number of hydrogen-bond acceptors (Lipinski definition) is 4. The second kappa shape index (κ2) is 8.31. The molecule has 0 aromatic heterocycles. The largest absolute Gasteiger partial charge is 0.326 e. The van der Waals surface area contributed by atoms with Crippen LogP contribution in [0.15, 0.2) is 47.4 Å². The van der Waals surface area contributed by atoms with Gasteiger partial charge < -0.3 is 10.6 Å². The Labute approximate surface area is 156 Å². The molecule has 0 heterocycles. The fourth-order valence-electron chi connectivity index (χ4n) is 2.10. The monoisotopic (exact) mass is 395 g/mol. The predicted octanol–water partition coefficient (Wildman–Crippen LogP) is 2.52. The molecule has 138 valence electrons. The summed E-state index contributed by atoms with van der Waals surface area (Å²) in [5, 5.41) is 5.65. The number of rotatable bonds is 6. The van der Waals surface area contributed by atoms with Crippen LogP contribution in [-0.2, 0) is 19.6 Å². The smallest absolute Gasteiger partial charge is 0.241 e. The van der Waals surface area contributed by atoms with Crippen LogP contribution < -0.4 is 15.4 Å². The average molecular weight is 396 g/mol. The van der Waals surface area contributed by atoms with E-state index in [9.17, 15) is 18.0 Å². The Bertz CT molecular complexity index is 928. The van der Waals surface area contributed by atoms with Gasteiger partial charge in [0.2, 0.25) is 21.8 Å². The van der Waals surface area contributed by atoms with Crippen LogP contribution in [0.5, 0.6) is 0 Å². The maximum atomic E-state index is 12.2. The van der Waals surface area contributed by atoms with Gasteiger partial charge in [-0.05, 0) is 48.9 Å². The lowest BCUT2D eigenvalue weighted by Crippen LogP contribution is -2.33. The number of hydrogen-bond donors (Lipinski definition) is 3. The van der Waals surface area contributed by atoms with E-state index in [0.717, 1.165) is 0 Å². The molecule has 0 unspecified atom stereocenters. The minimum atomic E-state index is -3.86. The standard InChI is InChI=1S/C17H18ClN3O4S/c1-11-15(18)4-3-5-16(11)21-17(23)10-19-26(24,25)14-8-6-13(7-9-14)20-12(2)22/h3-9,19H,10H2,1-2H3,(H,20,22)(H,21,23). The SMILES string of the molecule is CC(=O)Nc1ccc(S(=O)(=O)NCC(=O)Nc2cccc(Cl)c2C)cc1. The molecule has 0 fully saturated rings. The summed E-state index contributed by atoms with van der Waals surface area (Å²) >= 11 is 5.98. The van der Waals surface area contributed by atoms with Gasteiger partial charge in [0, 0.05) is 23.3 Å². The van der Waals surface area contributed by atoms with Gasteiger partial charge in [-0.15, -0.1) is 0 Å². The lowest BCUT2D eigenvalue weighted by atomic mass is 10.2. The lowest BCUT2D eigenvalue weighted by molar-refractivity contribution is -0.115. The Balaban J connectivity index is 1.99. The zero-order valence-corrected chi connectivity index (χ0v) is 15.7. The molecule has 0 spiro atoms. The molecule has 9 heteroatoms. The van der Waals surface area contributed by atoms with Crippen molar-refractivity contribution in [2.45, 2.75) is 18.7 Å².